The van der Waals surface area contributed by atoms with Gasteiger partial charge in [0, 0.05) is 19.8 Å². The van der Waals surface area contributed by atoms with Gasteiger partial charge in [0.1, 0.15) is 0 Å². The fraction of sp³-hybridized carbons (Fsp3) is 0.950. The lowest BCUT2D eigenvalue weighted by atomic mass is 10.1. The lowest BCUT2D eigenvalue weighted by molar-refractivity contribution is -0.140. The number of hydrogen-bond donors (Lipinski definition) is 0. The summed E-state index contributed by atoms with van der Waals surface area (Å²) >= 11 is 0. The number of nitrogens with zero attached hydrogens (tertiary/aromatic N) is 1. The van der Waals surface area contributed by atoms with Gasteiger partial charge < -0.3 is 18.2 Å². The third kappa shape index (κ3) is 9.70. The summed E-state index contributed by atoms with van der Waals surface area (Å²) in [4.78, 5) is 15.0. The first-order chi connectivity index (χ1) is 12.7. The minimum absolute atomic E-state index is 0.00601. The van der Waals surface area contributed by atoms with Crippen molar-refractivity contribution in [3.05, 3.63) is 0 Å². The summed E-state index contributed by atoms with van der Waals surface area (Å²) in [6.45, 7) is 20.9. The van der Waals surface area contributed by atoms with Crippen molar-refractivity contribution in [2.45, 2.75) is 85.6 Å². The molecule has 0 spiro atoms. The molecule has 0 aromatic carbocycles. The summed E-state index contributed by atoms with van der Waals surface area (Å²) < 4.78 is 17.9. The number of hydrogen-bond acceptors (Lipinski definition) is 5. The maximum atomic E-state index is 12.6. The molecular weight excluding hydrogens is 374 g/mol. The molecule has 0 aromatic rings. The molecule has 0 saturated carbocycles. The molecule has 0 aliphatic heterocycles. The first kappa shape index (κ1) is 26.8. The highest BCUT2D eigenvalue weighted by Crippen LogP contribution is 2.23. The molecule has 1 atom stereocenters. The van der Waals surface area contributed by atoms with Gasteiger partial charge in [-0.2, -0.15) is 0 Å². The molecule has 7 heteroatoms. The standard InChI is InChI=1S/C20H45NO4Si2/c1-9-21(16-15-17-26(8,23-10-2)24-11-3)18-19(7)20(22)25-27(12-4,13-5)14-6/h19H,9-18H2,1-8H3. The van der Waals surface area contributed by atoms with Crippen molar-refractivity contribution >= 4 is 22.8 Å². The van der Waals surface area contributed by atoms with Crippen molar-refractivity contribution in [2.24, 2.45) is 5.92 Å². The Bertz CT molecular complexity index is 391. The van der Waals surface area contributed by atoms with Gasteiger partial charge in [-0.1, -0.05) is 34.6 Å². The maximum absolute atomic E-state index is 12.6. The molecule has 0 rings (SSSR count). The predicted molar refractivity (Wildman–Crippen MR) is 119 cm³/mol. The molecule has 162 valence electrons. The van der Waals surface area contributed by atoms with Crippen LogP contribution in [0.25, 0.3) is 0 Å². The van der Waals surface area contributed by atoms with Crippen LogP contribution in [0.3, 0.4) is 0 Å². The van der Waals surface area contributed by atoms with Crippen LogP contribution in [0.2, 0.25) is 30.7 Å². The van der Waals surface area contributed by atoms with E-state index in [0.717, 1.165) is 50.2 Å². The fourth-order valence-electron chi connectivity index (χ4n) is 3.54. The molecule has 5 nitrogen and oxygen atoms in total. The van der Waals surface area contributed by atoms with Crippen LogP contribution < -0.4 is 0 Å². The molecule has 0 aliphatic rings. The Morgan fingerprint density at radius 2 is 1.48 bits per heavy atom. The largest absolute Gasteiger partial charge is 0.519 e. The van der Waals surface area contributed by atoms with Gasteiger partial charge in [-0.3, -0.25) is 4.79 Å². The Labute approximate surface area is 170 Å². The van der Waals surface area contributed by atoms with Gasteiger partial charge in [0.25, 0.3) is 14.3 Å². The summed E-state index contributed by atoms with van der Waals surface area (Å²) in [5.74, 6) is -0.0857. The molecular formula is C20H45NO4Si2. The Morgan fingerprint density at radius 1 is 0.963 bits per heavy atom. The third-order valence-electron chi connectivity index (χ3n) is 5.64. The number of rotatable bonds is 16. The number of carbonyl (C=O) groups is 1. The highest BCUT2D eigenvalue weighted by Gasteiger charge is 2.34. The second-order valence-electron chi connectivity index (χ2n) is 7.56. The molecule has 0 saturated heterocycles. The first-order valence-corrected chi connectivity index (χ1v) is 16.0. The van der Waals surface area contributed by atoms with Gasteiger partial charge in [-0.15, -0.1) is 0 Å². The monoisotopic (exact) mass is 419 g/mol. The molecule has 0 fully saturated rings. The van der Waals surface area contributed by atoms with Gasteiger partial charge in [-0.25, -0.2) is 0 Å². The van der Waals surface area contributed by atoms with Crippen LogP contribution in [0, 0.1) is 5.92 Å². The normalized spacial score (nSPS) is 13.8. The van der Waals surface area contributed by atoms with E-state index in [4.69, 9.17) is 13.3 Å². The molecule has 0 bridgehead atoms. The molecule has 0 heterocycles. The van der Waals surface area contributed by atoms with Crippen molar-refractivity contribution in [2.75, 3.05) is 32.8 Å². The highest BCUT2D eigenvalue weighted by molar-refractivity contribution is 6.74. The zero-order chi connectivity index (χ0) is 20.9. The fourth-order valence-corrected chi connectivity index (χ4v) is 8.50. The van der Waals surface area contributed by atoms with E-state index in [9.17, 15) is 4.79 Å². The Hall–Kier alpha value is -0.216. The van der Waals surface area contributed by atoms with Gasteiger partial charge in [-0.05, 0) is 64.1 Å². The molecule has 0 N–H and O–H groups in total. The Morgan fingerprint density at radius 3 is 1.89 bits per heavy atom. The van der Waals surface area contributed by atoms with Crippen LogP contribution >= 0.6 is 0 Å². The highest BCUT2D eigenvalue weighted by atomic mass is 28.4. The second-order valence-corrected chi connectivity index (χ2v) is 15.6. The third-order valence-corrected chi connectivity index (χ3v) is 13.2. The van der Waals surface area contributed by atoms with E-state index in [0.29, 0.717) is 13.2 Å². The quantitative estimate of drug-likeness (QED) is 0.328. The van der Waals surface area contributed by atoms with Crippen molar-refractivity contribution in [1.29, 1.82) is 0 Å². The van der Waals surface area contributed by atoms with E-state index in [1.165, 1.54) is 0 Å². The maximum Gasteiger partial charge on any atom is 0.334 e. The lowest BCUT2D eigenvalue weighted by Crippen LogP contribution is -2.42. The molecule has 0 amide bonds. The molecule has 0 aliphatic carbocycles. The van der Waals surface area contributed by atoms with Gasteiger partial charge in [0.15, 0.2) is 0 Å². The van der Waals surface area contributed by atoms with E-state index in [2.05, 4.69) is 39.1 Å². The first-order valence-electron chi connectivity index (χ1n) is 11.0. The van der Waals surface area contributed by atoms with Crippen molar-refractivity contribution in [1.82, 2.24) is 4.90 Å². The summed E-state index contributed by atoms with van der Waals surface area (Å²) in [7, 11) is -3.92. The van der Waals surface area contributed by atoms with Crippen molar-refractivity contribution in [3.63, 3.8) is 0 Å². The van der Waals surface area contributed by atoms with Crippen molar-refractivity contribution < 1.29 is 18.1 Å². The smallest absolute Gasteiger partial charge is 0.334 e. The summed E-state index contributed by atoms with van der Waals surface area (Å²) in [5.41, 5.74) is 0. The van der Waals surface area contributed by atoms with E-state index >= 15 is 0 Å². The summed E-state index contributed by atoms with van der Waals surface area (Å²) in [6.07, 6.45) is 1.04. The van der Waals surface area contributed by atoms with E-state index < -0.39 is 16.9 Å². The van der Waals surface area contributed by atoms with Crippen LogP contribution in [0.1, 0.15) is 54.9 Å². The predicted octanol–water partition coefficient (Wildman–Crippen LogP) is 5.03. The molecule has 27 heavy (non-hydrogen) atoms. The van der Waals surface area contributed by atoms with Crippen molar-refractivity contribution in [3.8, 4) is 0 Å². The van der Waals surface area contributed by atoms with Crippen LogP contribution in [-0.4, -0.2) is 60.6 Å². The second kappa shape index (κ2) is 13.9. The topological polar surface area (TPSA) is 48.0 Å². The zero-order valence-electron chi connectivity index (χ0n) is 19.2. The van der Waals surface area contributed by atoms with Crippen LogP contribution in [0.4, 0.5) is 0 Å². The lowest BCUT2D eigenvalue weighted by Gasteiger charge is -2.31. The average molecular weight is 420 g/mol. The molecule has 0 aromatic heterocycles. The summed E-state index contributed by atoms with van der Waals surface area (Å²) in [5, 5.41) is 0. The van der Waals surface area contributed by atoms with E-state index in [1.807, 2.05) is 20.8 Å². The van der Waals surface area contributed by atoms with Gasteiger partial charge >= 0.3 is 8.56 Å². The minimum atomic E-state index is -2.05. The number of carbonyl (C=O) groups excluding carboxylic acids is 1. The Balaban J connectivity index is 4.59. The van der Waals surface area contributed by atoms with E-state index in [-0.39, 0.29) is 11.9 Å². The van der Waals surface area contributed by atoms with Crippen LogP contribution in [-0.2, 0) is 18.1 Å². The van der Waals surface area contributed by atoms with Gasteiger partial charge in [0.05, 0.1) is 5.92 Å². The van der Waals surface area contributed by atoms with Crippen LogP contribution in [0.15, 0.2) is 0 Å². The molecule has 0 radical (unpaired) electrons. The SMILES string of the molecule is CCO[Si](C)(CCCN(CC)CC(C)C(=O)O[Si](CC)(CC)CC)OCC. The van der Waals surface area contributed by atoms with Gasteiger partial charge in [0.2, 0.25) is 0 Å². The minimum Gasteiger partial charge on any atom is -0.519 e. The Kier molecular flexibility index (Phi) is 13.8. The summed E-state index contributed by atoms with van der Waals surface area (Å²) in [6, 6.07) is 4.01. The molecule has 1 unspecified atom stereocenters. The average Bonchev–Trinajstić information content (AvgIpc) is 2.65. The van der Waals surface area contributed by atoms with E-state index in [1.54, 1.807) is 0 Å². The zero-order valence-corrected chi connectivity index (χ0v) is 21.2. The van der Waals surface area contributed by atoms with Crippen LogP contribution in [0.5, 0.6) is 0 Å².